The molecule has 1 amide bonds. The standard InChI is InChI=1S/C22H32N4O/c1-15-6-19(25-21(24-15)26-4-2-3-5-26)14-23-20(27)13-22-10-16-7-17(11-22)9-18(8-16)12-22/h6,16-18H,2-5,7-14H2,1H3,(H,23,27). The zero-order valence-electron chi connectivity index (χ0n) is 16.5. The number of hydrogen-bond donors (Lipinski definition) is 1. The van der Waals surface area contributed by atoms with Crippen molar-refractivity contribution in [1.82, 2.24) is 15.3 Å². The number of anilines is 1. The smallest absolute Gasteiger partial charge is 0.225 e. The van der Waals surface area contributed by atoms with Gasteiger partial charge in [0.1, 0.15) is 0 Å². The molecule has 1 aromatic rings. The molecule has 4 bridgehead atoms. The summed E-state index contributed by atoms with van der Waals surface area (Å²) in [5.74, 6) is 3.75. The fourth-order valence-corrected chi connectivity index (χ4v) is 6.86. The predicted octanol–water partition coefficient (Wildman–Crippen LogP) is 3.61. The first-order chi connectivity index (χ1) is 13.1. The van der Waals surface area contributed by atoms with Crippen LogP contribution >= 0.6 is 0 Å². The van der Waals surface area contributed by atoms with Crippen molar-refractivity contribution in [3.63, 3.8) is 0 Å². The number of rotatable bonds is 5. The van der Waals surface area contributed by atoms with Crippen LogP contribution in [0.3, 0.4) is 0 Å². The van der Waals surface area contributed by atoms with Crippen molar-refractivity contribution < 1.29 is 4.79 Å². The number of nitrogens with zero attached hydrogens (tertiary/aromatic N) is 3. The first-order valence-corrected chi connectivity index (χ1v) is 10.9. The third-order valence-corrected chi connectivity index (χ3v) is 7.45. The van der Waals surface area contributed by atoms with E-state index in [0.29, 0.717) is 12.0 Å². The van der Waals surface area contributed by atoms with Crippen LogP contribution in [0.1, 0.15) is 69.2 Å². The lowest BCUT2D eigenvalue weighted by Gasteiger charge is -2.56. The summed E-state index contributed by atoms with van der Waals surface area (Å²) in [6.45, 7) is 4.62. The number of amides is 1. The topological polar surface area (TPSA) is 58.1 Å². The molecule has 5 fully saturated rings. The molecule has 1 aromatic heterocycles. The van der Waals surface area contributed by atoms with Gasteiger partial charge in [0.2, 0.25) is 11.9 Å². The Morgan fingerprint density at radius 1 is 1.11 bits per heavy atom. The number of aryl methyl sites for hydroxylation is 1. The van der Waals surface area contributed by atoms with Gasteiger partial charge in [-0.25, -0.2) is 9.97 Å². The largest absolute Gasteiger partial charge is 0.350 e. The van der Waals surface area contributed by atoms with Crippen molar-refractivity contribution in [3.8, 4) is 0 Å². The van der Waals surface area contributed by atoms with Gasteiger partial charge < -0.3 is 10.2 Å². The summed E-state index contributed by atoms with van der Waals surface area (Å²) in [5, 5.41) is 3.17. The average Bonchev–Trinajstić information content (AvgIpc) is 3.12. The summed E-state index contributed by atoms with van der Waals surface area (Å²) in [4.78, 5) is 24.3. The maximum absolute atomic E-state index is 12.8. The highest BCUT2D eigenvalue weighted by atomic mass is 16.1. The summed E-state index contributed by atoms with van der Waals surface area (Å²) < 4.78 is 0. The molecule has 5 aliphatic rings. The van der Waals surface area contributed by atoms with Crippen LogP contribution in [0.5, 0.6) is 0 Å². The molecule has 146 valence electrons. The monoisotopic (exact) mass is 368 g/mol. The van der Waals surface area contributed by atoms with Crippen LogP contribution in [0.2, 0.25) is 0 Å². The van der Waals surface area contributed by atoms with Gasteiger partial charge >= 0.3 is 0 Å². The number of carbonyl (C=O) groups is 1. The van der Waals surface area contributed by atoms with Gasteiger partial charge in [-0.05, 0) is 87.5 Å². The van der Waals surface area contributed by atoms with Crippen LogP contribution in [0.4, 0.5) is 5.95 Å². The number of hydrogen-bond acceptors (Lipinski definition) is 4. The molecule has 5 heteroatoms. The quantitative estimate of drug-likeness (QED) is 0.863. The summed E-state index contributed by atoms with van der Waals surface area (Å²) in [5.41, 5.74) is 2.22. The first-order valence-electron chi connectivity index (χ1n) is 10.9. The second-order valence-corrected chi connectivity index (χ2v) is 9.87. The summed E-state index contributed by atoms with van der Waals surface area (Å²) in [7, 11) is 0. The van der Waals surface area contributed by atoms with E-state index in [2.05, 4.69) is 15.2 Å². The number of aromatic nitrogens is 2. The summed E-state index contributed by atoms with van der Waals surface area (Å²) in [6, 6.07) is 2.00. The molecule has 5 nitrogen and oxygen atoms in total. The Morgan fingerprint density at radius 2 is 1.74 bits per heavy atom. The Balaban J connectivity index is 1.21. The van der Waals surface area contributed by atoms with E-state index in [1.807, 2.05) is 13.0 Å². The third-order valence-electron chi connectivity index (χ3n) is 7.45. The van der Waals surface area contributed by atoms with E-state index in [9.17, 15) is 4.79 Å². The van der Waals surface area contributed by atoms with Crippen molar-refractivity contribution in [2.24, 2.45) is 23.2 Å². The normalized spacial score (nSPS) is 34.3. The highest BCUT2D eigenvalue weighted by Gasteiger charge is 2.51. The lowest BCUT2D eigenvalue weighted by Crippen LogP contribution is -2.48. The van der Waals surface area contributed by atoms with E-state index in [4.69, 9.17) is 4.98 Å². The lowest BCUT2D eigenvalue weighted by atomic mass is 9.49. The molecule has 4 aliphatic carbocycles. The number of carbonyl (C=O) groups excluding carboxylic acids is 1. The van der Waals surface area contributed by atoms with Gasteiger partial charge in [-0.1, -0.05) is 0 Å². The third kappa shape index (κ3) is 3.57. The van der Waals surface area contributed by atoms with Crippen molar-refractivity contribution in [2.75, 3.05) is 18.0 Å². The highest BCUT2D eigenvalue weighted by molar-refractivity contribution is 5.76. The predicted molar refractivity (Wildman–Crippen MR) is 105 cm³/mol. The first kappa shape index (κ1) is 17.4. The van der Waals surface area contributed by atoms with Gasteiger partial charge in [0.05, 0.1) is 12.2 Å². The van der Waals surface area contributed by atoms with Crippen LogP contribution in [0.15, 0.2) is 6.07 Å². The second kappa shape index (κ2) is 6.75. The molecule has 0 radical (unpaired) electrons. The lowest BCUT2D eigenvalue weighted by molar-refractivity contribution is -0.129. The van der Waals surface area contributed by atoms with Crippen LogP contribution in [0, 0.1) is 30.1 Å². The van der Waals surface area contributed by atoms with Gasteiger partial charge in [0.25, 0.3) is 0 Å². The maximum atomic E-state index is 12.8. The maximum Gasteiger partial charge on any atom is 0.225 e. The van der Waals surface area contributed by atoms with Gasteiger partial charge in [-0.3, -0.25) is 4.79 Å². The molecule has 0 aromatic carbocycles. The second-order valence-electron chi connectivity index (χ2n) is 9.87. The molecule has 1 saturated heterocycles. The zero-order valence-corrected chi connectivity index (χ0v) is 16.5. The molecule has 1 aliphatic heterocycles. The van der Waals surface area contributed by atoms with Gasteiger partial charge in [0, 0.05) is 25.2 Å². The molecule has 0 spiro atoms. The summed E-state index contributed by atoms with van der Waals surface area (Å²) >= 11 is 0. The molecule has 4 saturated carbocycles. The zero-order chi connectivity index (χ0) is 18.4. The van der Waals surface area contributed by atoms with Gasteiger partial charge in [0.15, 0.2) is 0 Å². The SMILES string of the molecule is Cc1cc(CNC(=O)CC23CC4CC(CC(C4)C2)C3)nc(N2CCCC2)n1. The molecule has 0 unspecified atom stereocenters. The van der Waals surface area contributed by atoms with E-state index in [0.717, 1.165) is 54.6 Å². The Labute approximate surface area is 162 Å². The Bertz CT molecular complexity index is 690. The molecule has 6 rings (SSSR count). The van der Waals surface area contributed by atoms with Crippen molar-refractivity contribution in [2.45, 2.75) is 71.3 Å². The van der Waals surface area contributed by atoms with Crippen molar-refractivity contribution in [1.29, 1.82) is 0 Å². The Kier molecular flexibility index (Phi) is 4.36. The highest BCUT2D eigenvalue weighted by Crippen LogP contribution is 2.61. The van der Waals surface area contributed by atoms with E-state index in [1.54, 1.807) is 0 Å². The van der Waals surface area contributed by atoms with Crippen molar-refractivity contribution in [3.05, 3.63) is 17.5 Å². The van der Waals surface area contributed by atoms with E-state index in [-0.39, 0.29) is 5.91 Å². The van der Waals surface area contributed by atoms with Crippen LogP contribution in [-0.4, -0.2) is 29.0 Å². The minimum atomic E-state index is 0.218. The molecule has 2 heterocycles. The van der Waals surface area contributed by atoms with E-state index in [1.165, 1.54) is 51.4 Å². The Morgan fingerprint density at radius 3 is 2.37 bits per heavy atom. The van der Waals surface area contributed by atoms with Crippen LogP contribution in [0.25, 0.3) is 0 Å². The van der Waals surface area contributed by atoms with Crippen LogP contribution in [-0.2, 0) is 11.3 Å². The van der Waals surface area contributed by atoms with Gasteiger partial charge in [-0.2, -0.15) is 0 Å². The minimum absolute atomic E-state index is 0.218. The molecule has 27 heavy (non-hydrogen) atoms. The molecular weight excluding hydrogens is 336 g/mol. The fourth-order valence-electron chi connectivity index (χ4n) is 6.86. The fraction of sp³-hybridized carbons (Fsp3) is 0.773. The number of nitrogens with one attached hydrogen (secondary N) is 1. The minimum Gasteiger partial charge on any atom is -0.350 e. The van der Waals surface area contributed by atoms with Crippen LogP contribution < -0.4 is 10.2 Å². The van der Waals surface area contributed by atoms with E-state index >= 15 is 0 Å². The summed E-state index contributed by atoms with van der Waals surface area (Å²) in [6.07, 6.45) is 11.3. The van der Waals surface area contributed by atoms with Gasteiger partial charge in [-0.15, -0.1) is 0 Å². The average molecular weight is 369 g/mol. The molecule has 1 N–H and O–H groups in total. The van der Waals surface area contributed by atoms with E-state index < -0.39 is 0 Å². The Hall–Kier alpha value is -1.65. The molecule has 0 atom stereocenters. The molecular formula is C22H32N4O. The van der Waals surface area contributed by atoms with Crippen molar-refractivity contribution >= 4 is 11.9 Å².